The van der Waals surface area contributed by atoms with Crippen LogP contribution in [-0.4, -0.2) is 0 Å². The first-order valence-electron chi connectivity index (χ1n) is 8.39. The highest BCUT2D eigenvalue weighted by atomic mass is 14.0. The molecule has 0 N–H and O–H groups in total. The lowest BCUT2D eigenvalue weighted by Gasteiger charge is -2.02. The van der Waals surface area contributed by atoms with Crippen molar-refractivity contribution in [2.24, 2.45) is 0 Å². The summed E-state index contributed by atoms with van der Waals surface area (Å²) in [7, 11) is 0. The molecule has 0 spiro atoms. The van der Waals surface area contributed by atoms with Crippen LogP contribution in [0.15, 0.2) is 17.4 Å². The van der Waals surface area contributed by atoms with Crippen LogP contribution in [0.5, 0.6) is 0 Å². The molecule has 0 radical (unpaired) electrons. The van der Waals surface area contributed by atoms with Gasteiger partial charge in [-0.15, -0.1) is 5.73 Å². The minimum absolute atomic E-state index is 1.29. The predicted molar refractivity (Wildman–Crippen MR) is 81.9 cm³/mol. The summed E-state index contributed by atoms with van der Waals surface area (Å²) in [6.45, 7) is 2.29. The molecule has 0 saturated carbocycles. The van der Waals surface area contributed by atoms with Crippen molar-refractivity contribution in [3.05, 3.63) is 17.4 Å². The van der Waals surface area contributed by atoms with Crippen LogP contribution in [0.25, 0.3) is 0 Å². The van der Waals surface area contributed by atoms with Crippen molar-refractivity contribution in [1.82, 2.24) is 0 Å². The Labute approximate surface area is 115 Å². The maximum Gasteiger partial charge on any atom is 0.00171 e. The summed E-state index contributed by atoms with van der Waals surface area (Å²) in [5.74, 6) is 0. The highest BCUT2D eigenvalue weighted by Gasteiger charge is 1.99. The van der Waals surface area contributed by atoms with E-state index in [0.717, 1.165) is 0 Å². The molecule has 0 aliphatic heterocycles. The number of unbranched alkanes of at least 4 members (excludes halogenated alkanes) is 12. The molecular formula is C18H32. The SMILES string of the molecule is CCCCCCCCCCCCCCCC1=C=C1. The van der Waals surface area contributed by atoms with Crippen molar-refractivity contribution in [2.75, 3.05) is 0 Å². The molecule has 0 nitrogen and oxygen atoms in total. The van der Waals surface area contributed by atoms with Gasteiger partial charge in [0.05, 0.1) is 0 Å². The van der Waals surface area contributed by atoms with E-state index in [1.54, 1.807) is 0 Å². The maximum absolute atomic E-state index is 3.17. The van der Waals surface area contributed by atoms with Gasteiger partial charge in [0.25, 0.3) is 0 Å². The van der Waals surface area contributed by atoms with Gasteiger partial charge in [0.15, 0.2) is 0 Å². The van der Waals surface area contributed by atoms with Gasteiger partial charge in [0.1, 0.15) is 0 Å². The molecule has 18 heavy (non-hydrogen) atoms. The summed E-state index contributed by atoms with van der Waals surface area (Å²) in [6.07, 6.45) is 22.2. The first-order chi connectivity index (χ1) is 8.93. The lowest BCUT2D eigenvalue weighted by molar-refractivity contribution is 0.540. The van der Waals surface area contributed by atoms with E-state index in [1.165, 1.54) is 95.5 Å². The van der Waals surface area contributed by atoms with Crippen LogP contribution in [0.1, 0.15) is 96.8 Å². The second-order valence-corrected chi connectivity index (χ2v) is 5.81. The minimum atomic E-state index is 1.29. The molecule has 0 aromatic carbocycles. The normalized spacial score (nSPS) is 12.8. The highest BCUT2D eigenvalue weighted by molar-refractivity contribution is 5.30. The fourth-order valence-corrected chi connectivity index (χ4v) is 2.53. The third-order valence-electron chi connectivity index (χ3n) is 3.90. The molecule has 0 fully saturated rings. The standard InChI is InChI=1S/C18H32/c1-2-3-4-5-6-7-8-9-10-11-12-13-14-15-18-16-17-18/h16H,2-15H2,1H3. The molecule has 0 saturated heterocycles. The lowest BCUT2D eigenvalue weighted by atomic mass is 10.0. The van der Waals surface area contributed by atoms with Gasteiger partial charge >= 0.3 is 0 Å². The summed E-state index contributed by atoms with van der Waals surface area (Å²) in [6, 6.07) is 0. The van der Waals surface area contributed by atoms with Gasteiger partial charge in [0.2, 0.25) is 0 Å². The number of rotatable bonds is 14. The van der Waals surface area contributed by atoms with Crippen LogP contribution in [0, 0.1) is 0 Å². The lowest BCUT2D eigenvalue weighted by Crippen LogP contribution is -1.83. The average molecular weight is 248 g/mol. The molecule has 0 amide bonds. The monoisotopic (exact) mass is 248 g/mol. The Kier molecular flexibility index (Phi) is 10.0. The summed E-state index contributed by atoms with van der Waals surface area (Å²) >= 11 is 0. The Morgan fingerprint density at radius 1 is 0.667 bits per heavy atom. The number of allylic oxidation sites excluding steroid dienone is 1. The first kappa shape index (κ1) is 15.6. The molecule has 1 rings (SSSR count). The maximum atomic E-state index is 3.17. The third kappa shape index (κ3) is 10.7. The Bertz CT molecular complexity index is 243. The molecule has 0 heterocycles. The van der Waals surface area contributed by atoms with Crippen molar-refractivity contribution >= 4 is 0 Å². The first-order valence-corrected chi connectivity index (χ1v) is 8.39. The molecule has 104 valence electrons. The summed E-state index contributed by atoms with van der Waals surface area (Å²) in [5.41, 5.74) is 4.64. The molecular weight excluding hydrogens is 216 g/mol. The topological polar surface area (TPSA) is 0 Å². The Morgan fingerprint density at radius 3 is 1.44 bits per heavy atom. The van der Waals surface area contributed by atoms with Gasteiger partial charge in [0, 0.05) is 5.57 Å². The van der Waals surface area contributed by atoms with Crippen molar-refractivity contribution in [3.63, 3.8) is 0 Å². The van der Waals surface area contributed by atoms with Crippen LogP contribution in [0.3, 0.4) is 0 Å². The fourth-order valence-electron chi connectivity index (χ4n) is 2.53. The largest absolute Gasteiger partial charge is 0.116 e. The molecule has 1 aliphatic carbocycles. The van der Waals surface area contributed by atoms with Crippen LogP contribution in [0.2, 0.25) is 0 Å². The predicted octanol–water partition coefficient (Wildman–Crippen LogP) is 6.56. The number of hydrogen-bond acceptors (Lipinski definition) is 0. The summed E-state index contributed by atoms with van der Waals surface area (Å²) in [4.78, 5) is 0. The fraction of sp³-hybridized carbons (Fsp3) is 0.833. The summed E-state index contributed by atoms with van der Waals surface area (Å²) in [5, 5.41) is 0. The zero-order valence-corrected chi connectivity index (χ0v) is 12.5. The van der Waals surface area contributed by atoms with Crippen LogP contribution < -0.4 is 0 Å². The van der Waals surface area contributed by atoms with Gasteiger partial charge in [-0.05, 0) is 18.9 Å². The van der Waals surface area contributed by atoms with Crippen LogP contribution in [0.4, 0.5) is 0 Å². The van der Waals surface area contributed by atoms with Crippen molar-refractivity contribution < 1.29 is 0 Å². The van der Waals surface area contributed by atoms with Crippen LogP contribution >= 0.6 is 0 Å². The Hall–Kier alpha value is -0.480. The average Bonchev–Trinajstić information content (AvgIpc) is 3.19. The number of hydrogen-bond donors (Lipinski definition) is 0. The van der Waals surface area contributed by atoms with Crippen LogP contribution in [-0.2, 0) is 0 Å². The van der Waals surface area contributed by atoms with E-state index in [-0.39, 0.29) is 0 Å². The van der Waals surface area contributed by atoms with Crippen molar-refractivity contribution in [1.29, 1.82) is 0 Å². The Morgan fingerprint density at radius 2 is 1.06 bits per heavy atom. The van der Waals surface area contributed by atoms with Gasteiger partial charge in [-0.2, -0.15) is 0 Å². The highest BCUT2D eigenvalue weighted by Crippen LogP contribution is 2.17. The van der Waals surface area contributed by atoms with Gasteiger partial charge in [-0.3, -0.25) is 0 Å². The molecule has 0 bridgehead atoms. The second kappa shape index (κ2) is 11.6. The van der Waals surface area contributed by atoms with E-state index in [1.807, 2.05) is 0 Å². The minimum Gasteiger partial charge on any atom is -0.116 e. The smallest absolute Gasteiger partial charge is 0.00171 e. The van der Waals surface area contributed by atoms with E-state index in [4.69, 9.17) is 0 Å². The van der Waals surface area contributed by atoms with E-state index in [2.05, 4.69) is 18.7 Å². The van der Waals surface area contributed by atoms with E-state index in [0.29, 0.717) is 0 Å². The zero-order valence-electron chi connectivity index (χ0n) is 12.5. The molecule has 0 heteroatoms. The molecule has 0 atom stereocenters. The van der Waals surface area contributed by atoms with E-state index < -0.39 is 0 Å². The molecule has 1 aliphatic rings. The zero-order chi connectivity index (χ0) is 12.9. The van der Waals surface area contributed by atoms with E-state index in [9.17, 15) is 0 Å². The molecule has 0 aromatic rings. The van der Waals surface area contributed by atoms with Crippen molar-refractivity contribution in [3.8, 4) is 0 Å². The molecule has 0 unspecified atom stereocenters. The third-order valence-corrected chi connectivity index (χ3v) is 3.90. The van der Waals surface area contributed by atoms with Crippen molar-refractivity contribution in [2.45, 2.75) is 96.8 Å². The Balaban J connectivity index is 1.62. The van der Waals surface area contributed by atoms with E-state index >= 15 is 0 Å². The quantitative estimate of drug-likeness (QED) is 0.241. The van der Waals surface area contributed by atoms with Gasteiger partial charge < -0.3 is 0 Å². The van der Waals surface area contributed by atoms with Gasteiger partial charge in [-0.1, -0.05) is 84.0 Å². The summed E-state index contributed by atoms with van der Waals surface area (Å²) < 4.78 is 0. The van der Waals surface area contributed by atoms with Gasteiger partial charge in [-0.25, -0.2) is 0 Å². The molecule has 0 aromatic heterocycles. The second-order valence-electron chi connectivity index (χ2n) is 5.81.